The second-order valence-electron chi connectivity index (χ2n) is 5.64. The Labute approximate surface area is 93.0 Å². The lowest BCUT2D eigenvalue weighted by Gasteiger charge is -2.39. The third kappa shape index (κ3) is 2.71. The van der Waals surface area contributed by atoms with E-state index in [4.69, 9.17) is 10.5 Å². The third-order valence-corrected chi connectivity index (χ3v) is 4.09. The van der Waals surface area contributed by atoms with Crippen LogP contribution in [0.25, 0.3) is 0 Å². The molecule has 3 atom stereocenters. The van der Waals surface area contributed by atoms with Crippen LogP contribution in [0.2, 0.25) is 0 Å². The van der Waals surface area contributed by atoms with Gasteiger partial charge < -0.3 is 15.4 Å². The SMILES string of the molecule is CC1CCN(CC2(N)CCOC2)CC1C. The number of likely N-dealkylation sites (tertiary alicyclic amines) is 1. The number of ether oxygens (including phenoxy) is 1. The van der Waals surface area contributed by atoms with Crippen molar-refractivity contribution in [1.82, 2.24) is 4.90 Å². The van der Waals surface area contributed by atoms with Gasteiger partial charge in [-0.3, -0.25) is 0 Å². The number of nitrogens with two attached hydrogens (primary N) is 1. The normalized spacial score (nSPS) is 43.4. The minimum absolute atomic E-state index is 0.0691. The van der Waals surface area contributed by atoms with Crippen LogP contribution in [0.1, 0.15) is 26.7 Å². The number of rotatable bonds is 2. The molecule has 2 heterocycles. The highest BCUT2D eigenvalue weighted by atomic mass is 16.5. The van der Waals surface area contributed by atoms with Crippen LogP contribution in [0, 0.1) is 11.8 Å². The Morgan fingerprint density at radius 1 is 1.40 bits per heavy atom. The van der Waals surface area contributed by atoms with Crippen LogP contribution in [0.5, 0.6) is 0 Å². The predicted octanol–water partition coefficient (Wildman–Crippen LogP) is 1.08. The molecule has 3 heteroatoms. The van der Waals surface area contributed by atoms with E-state index in [-0.39, 0.29) is 5.54 Å². The molecule has 3 unspecified atom stereocenters. The van der Waals surface area contributed by atoms with E-state index < -0.39 is 0 Å². The average Bonchev–Trinajstić information content (AvgIpc) is 2.59. The van der Waals surface area contributed by atoms with Crippen LogP contribution in [0.15, 0.2) is 0 Å². The second-order valence-corrected chi connectivity index (χ2v) is 5.64. The molecule has 2 N–H and O–H groups in total. The monoisotopic (exact) mass is 212 g/mol. The molecule has 2 saturated heterocycles. The van der Waals surface area contributed by atoms with Gasteiger partial charge >= 0.3 is 0 Å². The smallest absolute Gasteiger partial charge is 0.0659 e. The molecule has 0 amide bonds. The van der Waals surface area contributed by atoms with Crippen molar-refractivity contribution in [3.8, 4) is 0 Å². The lowest BCUT2D eigenvalue weighted by atomic mass is 9.87. The predicted molar refractivity (Wildman–Crippen MR) is 61.7 cm³/mol. The van der Waals surface area contributed by atoms with Crippen LogP contribution in [0.3, 0.4) is 0 Å². The van der Waals surface area contributed by atoms with E-state index in [2.05, 4.69) is 18.7 Å². The highest BCUT2D eigenvalue weighted by molar-refractivity contribution is 4.92. The molecule has 0 radical (unpaired) electrons. The maximum Gasteiger partial charge on any atom is 0.0659 e. The van der Waals surface area contributed by atoms with Gasteiger partial charge in [0.1, 0.15) is 0 Å². The molecule has 15 heavy (non-hydrogen) atoms. The summed E-state index contributed by atoms with van der Waals surface area (Å²) in [6.45, 7) is 9.74. The Hall–Kier alpha value is -0.120. The van der Waals surface area contributed by atoms with Crippen molar-refractivity contribution in [3.63, 3.8) is 0 Å². The molecule has 0 aromatic heterocycles. The van der Waals surface area contributed by atoms with Gasteiger partial charge in [0.2, 0.25) is 0 Å². The number of nitrogens with zero attached hydrogens (tertiary/aromatic N) is 1. The van der Waals surface area contributed by atoms with Gasteiger partial charge in [-0.2, -0.15) is 0 Å². The number of piperidine rings is 1. The summed E-state index contributed by atoms with van der Waals surface area (Å²) in [4.78, 5) is 2.53. The van der Waals surface area contributed by atoms with E-state index in [0.29, 0.717) is 0 Å². The Bertz CT molecular complexity index is 214. The summed E-state index contributed by atoms with van der Waals surface area (Å²) in [7, 11) is 0. The van der Waals surface area contributed by atoms with E-state index in [1.807, 2.05) is 0 Å². The second kappa shape index (κ2) is 4.40. The Balaban J connectivity index is 1.84. The fourth-order valence-corrected chi connectivity index (χ4v) is 2.69. The van der Waals surface area contributed by atoms with Crippen molar-refractivity contribution in [2.75, 3.05) is 32.8 Å². The van der Waals surface area contributed by atoms with Crippen LogP contribution >= 0.6 is 0 Å². The Morgan fingerprint density at radius 3 is 2.80 bits per heavy atom. The molecule has 0 saturated carbocycles. The van der Waals surface area contributed by atoms with E-state index in [1.165, 1.54) is 19.5 Å². The Kier molecular flexibility index (Phi) is 3.33. The fourth-order valence-electron chi connectivity index (χ4n) is 2.69. The zero-order chi connectivity index (χ0) is 10.9. The van der Waals surface area contributed by atoms with Crippen LogP contribution in [-0.2, 0) is 4.74 Å². The standard InChI is InChI=1S/C12H24N2O/c1-10-3-5-14(7-11(10)2)8-12(13)4-6-15-9-12/h10-11H,3-9,13H2,1-2H3. The molecule has 0 spiro atoms. The van der Waals surface area contributed by atoms with E-state index in [1.54, 1.807) is 0 Å². The van der Waals surface area contributed by atoms with Crippen molar-refractivity contribution in [2.24, 2.45) is 17.6 Å². The minimum atomic E-state index is -0.0691. The van der Waals surface area contributed by atoms with Gasteiger partial charge in [-0.25, -0.2) is 0 Å². The summed E-state index contributed by atoms with van der Waals surface area (Å²) >= 11 is 0. The maximum atomic E-state index is 6.30. The first-order chi connectivity index (χ1) is 7.09. The highest BCUT2D eigenvalue weighted by Crippen LogP contribution is 2.25. The van der Waals surface area contributed by atoms with Crippen LogP contribution in [-0.4, -0.2) is 43.3 Å². The van der Waals surface area contributed by atoms with Gasteiger partial charge in [-0.15, -0.1) is 0 Å². The quantitative estimate of drug-likeness (QED) is 0.744. The van der Waals surface area contributed by atoms with Gasteiger partial charge in [0, 0.05) is 19.7 Å². The zero-order valence-corrected chi connectivity index (χ0v) is 10.0. The van der Waals surface area contributed by atoms with Gasteiger partial charge in [0.15, 0.2) is 0 Å². The van der Waals surface area contributed by atoms with Crippen LogP contribution in [0.4, 0.5) is 0 Å². The van der Waals surface area contributed by atoms with E-state index >= 15 is 0 Å². The third-order valence-electron chi connectivity index (χ3n) is 4.09. The summed E-state index contributed by atoms with van der Waals surface area (Å²) < 4.78 is 5.40. The summed E-state index contributed by atoms with van der Waals surface area (Å²) in [6, 6.07) is 0. The molecule has 0 aromatic carbocycles. The summed E-state index contributed by atoms with van der Waals surface area (Å²) in [5, 5.41) is 0. The Morgan fingerprint density at radius 2 is 2.20 bits per heavy atom. The van der Waals surface area contributed by atoms with Gasteiger partial charge in [0.25, 0.3) is 0 Å². The van der Waals surface area contributed by atoms with Crippen molar-refractivity contribution in [1.29, 1.82) is 0 Å². The first kappa shape index (κ1) is 11.4. The average molecular weight is 212 g/mol. The molecular formula is C12H24N2O. The molecule has 0 bridgehead atoms. The number of hydrogen-bond donors (Lipinski definition) is 1. The molecule has 0 aromatic rings. The first-order valence-electron chi connectivity index (χ1n) is 6.18. The highest BCUT2D eigenvalue weighted by Gasteiger charge is 2.34. The summed E-state index contributed by atoms with van der Waals surface area (Å²) in [6.07, 6.45) is 2.34. The molecule has 88 valence electrons. The van der Waals surface area contributed by atoms with Crippen molar-refractivity contribution < 1.29 is 4.74 Å². The summed E-state index contributed by atoms with van der Waals surface area (Å²) in [5.74, 6) is 1.68. The van der Waals surface area contributed by atoms with E-state index in [9.17, 15) is 0 Å². The number of hydrogen-bond acceptors (Lipinski definition) is 3. The maximum absolute atomic E-state index is 6.30. The molecule has 2 fully saturated rings. The van der Waals surface area contributed by atoms with Gasteiger partial charge in [-0.1, -0.05) is 13.8 Å². The summed E-state index contributed by atoms with van der Waals surface area (Å²) in [5.41, 5.74) is 6.23. The molecule has 0 aliphatic carbocycles. The minimum Gasteiger partial charge on any atom is -0.379 e. The van der Waals surface area contributed by atoms with Gasteiger partial charge in [0.05, 0.1) is 12.1 Å². The largest absolute Gasteiger partial charge is 0.379 e. The topological polar surface area (TPSA) is 38.5 Å². The first-order valence-corrected chi connectivity index (χ1v) is 6.18. The van der Waals surface area contributed by atoms with Crippen LogP contribution < -0.4 is 5.73 Å². The van der Waals surface area contributed by atoms with Crippen molar-refractivity contribution >= 4 is 0 Å². The molecule has 2 aliphatic rings. The zero-order valence-electron chi connectivity index (χ0n) is 10.0. The fraction of sp³-hybridized carbons (Fsp3) is 1.00. The molecular weight excluding hydrogens is 188 g/mol. The van der Waals surface area contributed by atoms with Crippen molar-refractivity contribution in [3.05, 3.63) is 0 Å². The molecule has 2 aliphatic heterocycles. The lowest BCUT2D eigenvalue weighted by Crippen LogP contribution is -2.53. The molecule has 3 nitrogen and oxygen atoms in total. The molecule has 2 rings (SSSR count). The van der Waals surface area contributed by atoms with E-state index in [0.717, 1.165) is 38.0 Å². The van der Waals surface area contributed by atoms with Gasteiger partial charge in [-0.05, 0) is 31.2 Å². The van der Waals surface area contributed by atoms with Crippen molar-refractivity contribution in [2.45, 2.75) is 32.2 Å². The lowest BCUT2D eigenvalue weighted by molar-refractivity contribution is 0.102.